The summed E-state index contributed by atoms with van der Waals surface area (Å²) in [6.45, 7) is 5.12. The van der Waals surface area contributed by atoms with Gasteiger partial charge in [0.25, 0.3) is 0 Å². The van der Waals surface area contributed by atoms with E-state index < -0.39 is 20.0 Å². The summed E-state index contributed by atoms with van der Waals surface area (Å²) in [5.74, 6) is 0. The lowest BCUT2D eigenvalue weighted by atomic mass is 10.2. The van der Waals surface area contributed by atoms with Crippen LogP contribution in [0.2, 0.25) is 0 Å². The second-order valence-corrected chi connectivity index (χ2v) is 9.25. The zero-order chi connectivity index (χ0) is 17.8. The van der Waals surface area contributed by atoms with E-state index in [2.05, 4.69) is 4.72 Å². The van der Waals surface area contributed by atoms with E-state index in [9.17, 15) is 16.8 Å². The molecule has 136 valence electrons. The molecule has 0 unspecified atom stereocenters. The van der Waals surface area contributed by atoms with E-state index >= 15 is 0 Å². The summed E-state index contributed by atoms with van der Waals surface area (Å²) < 4.78 is 58.6. The SMILES string of the molecule is CCN(CC)S(=O)(=O)c1ccc(S(=O)(=O)NC[C@H]2CCCO2)cc1. The van der Waals surface area contributed by atoms with Crippen LogP contribution >= 0.6 is 0 Å². The van der Waals surface area contributed by atoms with Gasteiger partial charge in [0, 0.05) is 26.2 Å². The van der Waals surface area contributed by atoms with Gasteiger partial charge in [-0.05, 0) is 37.1 Å². The summed E-state index contributed by atoms with van der Waals surface area (Å²) in [7, 11) is -7.27. The van der Waals surface area contributed by atoms with Crippen molar-refractivity contribution in [1.29, 1.82) is 0 Å². The van der Waals surface area contributed by atoms with Crippen molar-refractivity contribution in [3.63, 3.8) is 0 Å². The maximum atomic E-state index is 12.4. The van der Waals surface area contributed by atoms with Crippen LogP contribution in [0, 0.1) is 0 Å². The molecule has 0 radical (unpaired) electrons. The zero-order valence-electron chi connectivity index (χ0n) is 13.9. The Bertz CT molecular complexity index is 735. The molecule has 9 heteroatoms. The minimum atomic E-state index is -3.68. The molecule has 1 aromatic carbocycles. The summed E-state index contributed by atoms with van der Waals surface area (Å²) in [6.07, 6.45) is 1.68. The van der Waals surface area contributed by atoms with Gasteiger partial charge in [-0.1, -0.05) is 13.8 Å². The van der Waals surface area contributed by atoms with Crippen LogP contribution in [0.25, 0.3) is 0 Å². The largest absolute Gasteiger partial charge is 0.377 e. The fourth-order valence-corrected chi connectivity index (χ4v) is 5.12. The molecule has 1 aliphatic heterocycles. The first kappa shape index (κ1) is 19.3. The van der Waals surface area contributed by atoms with Crippen molar-refractivity contribution in [1.82, 2.24) is 9.03 Å². The number of ether oxygens (including phenoxy) is 1. The van der Waals surface area contributed by atoms with E-state index in [1.165, 1.54) is 28.6 Å². The first-order valence-corrected chi connectivity index (χ1v) is 10.9. The van der Waals surface area contributed by atoms with Gasteiger partial charge < -0.3 is 4.74 Å². The van der Waals surface area contributed by atoms with E-state index in [0.29, 0.717) is 19.7 Å². The van der Waals surface area contributed by atoms with Crippen molar-refractivity contribution < 1.29 is 21.6 Å². The van der Waals surface area contributed by atoms with Crippen LogP contribution in [-0.4, -0.2) is 53.5 Å². The molecule has 1 saturated heterocycles. The van der Waals surface area contributed by atoms with Crippen molar-refractivity contribution >= 4 is 20.0 Å². The molecule has 1 N–H and O–H groups in total. The molecule has 0 saturated carbocycles. The molecular weight excluding hydrogens is 352 g/mol. The molecule has 1 heterocycles. The highest BCUT2D eigenvalue weighted by Crippen LogP contribution is 2.19. The first-order valence-electron chi connectivity index (χ1n) is 8.02. The van der Waals surface area contributed by atoms with Crippen molar-refractivity contribution in [3.8, 4) is 0 Å². The maximum absolute atomic E-state index is 12.4. The Labute approximate surface area is 144 Å². The van der Waals surface area contributed by atoms with Crippen molar-refractivity contribution in [2.45, 2.75) is 42.6 Å². The maximum Gasteiger partial charge on any atom is 0.243 e. The summed E-state index contributed by atoms with van der Waals surface area (Å²) in [5, 5.41) is 0. The molecule has 1 aromatic rings. The van der Waals surface area contributed by atoms with Crippen LogP contribution in [0.5, 0.6) is 0 Å². The van der Waals surface area contributed by atoms with Gasteiger partial charge >= 0.3 is 0 Å². The van der Waals surface area contributed by atoms with Gasteiger partial charge in [-0.15, -0.1) is 0 Å². The Morgan fingerprint density at radius 2 is 1.67 bits per heavy atom. The molecule has 0 amide bonds. The molecule has 1 aliphatic rings. The standard InChI is InChI=1S/C15H24N2O5S2/c1-3-17(4-2)24(20,21)15-9-7-14(8-10-15)23(18,19)16-12-13-6-5-11-22-13/h7-10,13,16H,3-6,11-12H2,1-2H3/t13-/m1/s1. The number of hydrogen-bond acceptors (Lipinski definition) is 5. The predicted octanol–water partition coefficient (Wildman–Crippen LogP) is 1.17. The van der Waals surface area contributed by atoms with Crippen LogP contribution in [0.1, 0.15) is 26.7 Å². The van der Waals surface area contributed by atoms with E-state index in [4.69, 9.17) is 4.74 Å². The molecule has 0 spiro atoms. The average Bonchev–Trinajstić information content (AvgIpc) is 3.07. The van der Waals surface area contributed by atoms with Gasteiger partial charge in [0.2, 0.25) is 20.0 Å². The summed E-state index contributed by atoms with van der Waals surface area (Å²) in [5.41, 5.74) is 0. The molecule has 1 fully saturated rings. The highest BCUT2D eigenvalue weighted by Gasteiger charge is 2.23. The molecular formula is C15H24N2O5S2. The number of rotatable bonds is 8. The van der Waals surface area contributed by atoms with Crippen LogP contribution in [0.15, 0.2) is 34.1 Å². The van der Waals surface area contributed by atoms with Gasteiger partial charge in [-0.25, -0.2) is 21.6 Å². The Balaban J connectivity index is 2.13. The second kappa shape index (κ2) is 7.92. The summed E-state index contributed by atoms with van der Waals surface area (Å²) in [6, 6.07) is 5.28. The zero-order valence-corrected chi connectivity index (χ0v) is 15.6. The van der Waals surface area contributed by atoms with E-state index in [1.807, 2.05) is 0 Å². The molecule has 1 atom stereocenters. The minimum Gasteiger partial charge on any atom is -0.377 e. The molecule has 2 rings (SSSR count). The van der Waals surface area contributed by atoms with Gasteiger partial charge in [0.05, 0.1) is 15.9 Å². The topological polar surface area (TPSA) is 92.8 Å². The summed E-state index contributed by atoms with van der Waals surface area (Å²) >= 11 is 0. The number of nitrogens with one attached hydrogen (secondary N) is 1. The second-order valence-electron chi connectivity index (χ2n) is 5.55. The Hall–Kier alpha value is -1.00. The van der Waals surface area contributed by atoms with Crippen molar-refractivity contribution in [2.24, 2.45) is 0 Å². The molecule has 0 bridgehead atoms. The van der Waals surface area contributed by atoms with E-state index in [1.54, 1.807) is 13.8 Å². The van der Waals surface area contributed by atoms with E-state index in [-0.39, 0.29) is 22.4 Å². The Kier molecular flexibility index (Phi) is 6.38. The number of nitrogens with zero attached hydrogens (tertiary/aromatic N) is 1. The quantitative estimate of drug-likeness (QED) is 0.735. The third-order valence-electron chi connectivity index (χ3n) is 4.00. The molecule has 24 heavy (non-hydrogen) atoms. The smallest absolute Gasteiger partial charge is 0.243 e. The average molecular weight is 377 g/mol. The number of benzene rings is 1. The van der Waals surface area contributed by atoms with Crippen molar-refractivity contribution in [3.05, 3.63) is 24.3 Å². The Morgan fingerprint density at radius 1 is 1.08 bits per heavy atom. The lowest BCUT2D eigenvalue weighted by Gasteiger charge is -2.18. The monoisotopic (exact) mass is 376 g/mol. The fraction of sp³-hybridized carbons (Fsp3) is 0.600. The van der Waals surface area contributed by atoms with Gasteiger partial charge in [-0.3, -0.25) is 0 Å². The van der Waals surface area contributed by atoms with Crippen LogP contribution in [0.4, 0.5) is 0 Å². The lowest BCUT2D eigenvalue weighted by Crippen LogP contribution is -2.32. The normalized spacial score (nSPS) is 19.0. The fourth-order valence-electron chi connectivity index (χ4n) is 2.59. The first-order chi connectivity index (χ1) is 11.3. The van der Waals surface area contributed by atoms with Gasteiger partial charge in [0.15, 0.2) is 0 Å². The predicted molar refractivity (Wildman–Crippen MR) is 90.7 cm³/mol. The van der Waals surface area contributed by atoms with Crippen LogP contribution < -0.4 is 4.72 Å². The molecule has 0 aromatic heterocycles. The molecule has 7 nitrogen and oxygen atoms in total. The minimum absolute atomic E-state index is 0.0407. The van der Waals surface area contributed by atoms with Gasteiger partial charge in [0.1, 0.15) is 0 Å². The Morgan fingerprint density at radius 3 is 2.17 bits per heavy atom. The van der Waals surface area contributed by atoms with Crippen molar-refractivity contribution in [2.75, 3.05) is 26.2 Å². The highest BCUT2D eigenvalue weighted by atomic mass is 32.2. The van der Waals surface area contributed by atoms with E-state index in [0.717, 1.165) is 12.8 Å². The summed E-state index contributed by atoms with van der Waals surface area (Å²) in [4.78, 5) is 0.128. The van der Waals surface area contributed by atoms with Gasteiger partial charge in [-0.2, -0.15) is 4.31 Å². The number of sulfonamides is 2. The van der Waals surface area contributed by atoms with Crippen LogP contribution in [0.3, 0.4) is 0 Å². The number of hydrogen-bond donors (Lipinski definition) is 1. The van der Waals surface area contributed by atoms with Crippen LogP contribution in [-0.2, 0) is 24.8 Å². The third-order valence-corrected chi connectivity index (χ3v) is 7.51. The highest BCUT2D eigenvalue weighted by molar-refractivity contribution is 7.89. The third kappa shape index (κ3) is 4.34. The molecule has 0 aliphatic carbocycles. The lowest BCUT2D eigenvalue weighted by molar-refractivity contribution is 0.114.